The van der Waals surface area contributed by atoms with E-state index >= 15 is 0 Å². The first kappa shape index (κ1) is 12.2. The normalized spacial score (nSPS) is 9.83. The van der Waals surface area contributed by atoms with Crippen molar-refractivity contribution in [2.45, 2.75) is 6.92 Å². The van der Waals surface area contributed by atoms with E-state index in [4.69, 9.17) is 22.6 Å². The molecular formula is C13H11ClN4. The van der Waals surface area contributed by atoms with E-state index in [2.05, 4.69) is 16.4 Å². The molecule has 0 amide bonds. The minimum atomic E-state index is 0.488. The van der Waals surface area contributed by atoms with Crippen LogP contribution in [0, 0.1) is 18.3 Å². The highest BCUT2D eigenvalue weighted by Gasteiger charge is 2.06. The summed E-state index contributed by atoms with van der Waals surface area (Å²) in [5.41, 5.74) is 8.26. The fraction of sp³-hybridized carbons (Fsp3) is 0.0769. The van der Waals surface area contributed by atoms with E-state index in [0.29, 0.717) is 27.8 Å². The molecule has 4 nitrogen and oxygen atoms in total. The number of hydrogen-bond donors (Lipinski definition) is 2. The molecule has 0 aliphatic heterocycles. The summed E-state index contributed by atoms with van der Waals surface area (Å²) >= 11 is 5.91. The average Bonchev–Trinajstić information content (AvgIpc) is 2.34. The Labute approximate surface area is 110 Å². The molecule has 3 N–H and O–H groups in total. The van der Waals surface area contributed by atoms with Crippen LogP contribution in [0.15, 0.2) is 30.3 Å². The van der Waals surface area contributed by atoms with Gasteiger partial charge in [-0.05, 0) is 37.3 Å². The molecule has 1 aromatic heterocycles. The van der Waals surface area contributed by atoms with Crippen LogP contribution in [0.1, 0.15) is 11.3 Å². The molecule has 0 atom stereocenters. The molecule has 0 radical (unpaired) electrons. The highest BCUT2D eigenvalue weighted by molar-refractivity contribution is 6.30. The number of aryl methyl sites for hydroxylation is 1. The first-order chi connectivity index (χ1) is 8.60. The minimum Gasteiger partial charge on any atom is -0.396 e. The molecule has 1 heterocycles. The van der Waals surface area contributed by atoms with Crippen molar-refractivity contribution in [2.24, 2.45) is 0 Å². The number of nitrogens with two attached hydrogens (primary N) is 1. The number of nitrogens with zero attached hydrogens (tertiary/aromatic N) is 2. The van der Waals surface area contributed by atoms with Crippen LogP contribution >= 0.6 is 11.6 Å². The van der Waals surface area contributed by atoms with E-state index in [-0.39, 0.29) is 0 Å². The first-order valence-corrected chi connectivity index (χ1v) is 5.68. The lowest BCUT2D eigenvalue weighted by molar-refractivity contribution is 1.20. The van der Waals surface area contributed by atoms with Crippen molar-refractivity contribution in [2.75, 3.05) is 11.1 Å². The topological polar surface area (TPSA) is 74.7 Å². The van der Waals surface area contributed by atoms with E-state index in [1.54, 1.807) is 24.3 Å². The van der Waals surface area contributed by atoms with Crippen molar-refractivity contribution >= 4 is 28.8 Å². The van der Waals surface area contributed by atoms with E-state index in [1.165, 1.54) is 0 Å². The second-order valence-electron chi connectivity index (χ2n) is 3.82. The van der Waals surface area contributed by atoms with Gasteiger partial charge in [-0.3, -0.25) is 0 Å². The molecule has 90 valence electrons. The smallest absolute Gasteiger partial charge is 0.153 e. The number of pyridine rings is 1. The van der Waals surface area contributed by atoms with Crippen LogP contribution in [0.2, 0.25) is 5.02 Å². The monoisotopic (exact) mass is 258 g/mol. The SMILES string of the molecule is Cc1ccc(N)c(Nc2cc(Cl)ccc2C#N)n1. The Morgan fingerprint density at radius 1 is 1.33 bits per heavy atom. The standard InChI is InChI=1S/C13H11ClN4/c1-8-2-5-11(16)13(17-8)18-12-6-10(14)4-3-9(12)7-15/h2-6H,16H2,1H3,(H,17,18). The summed E-state index contributed by atoms with van der Waals surface area (Å²) in [7, 11) is 0. The maximum atomic E-state index is 9.03. The molecule has 1 aromatic carbocycles. The summed E-state index contributed by atoms with van der Waals surface area (Å²) < 4.78 is 0. The first-order valence-electron chi connectivity index (χ1n) is 5.30. The molecular weight excluding hydrogens is 248 g/mol. The van der Waals surface area contributed by atoms with Gasteiger partial charge in [-0.2, -0.15) is 5.26 Å². The molecule has 2 aromatic rings. The second kappa shape index (κ2) is 4.94. The molecule has 0 saturated heterocycles. The fourth-order valence-corrected chi connectivity index (χ4v) is 1.68. The van der Waals surface area contributed by atoms with Gasteiger partial charge in [0.05, 0.1) is 16.9 Å². The number of anilines is 3. The van der Waals surface area contributed by atoms with E-state index in [9.17, 15) is 0 Å². The molecule has 0 aliphatic carbocycles. The Bertz CT molecular complexity index is 631. The maximum absolute atomic E-state index is 9.03. The lowest BCUT2D eigenvalue weighted by Crippen LogP contribution is -2.01. The van der Waals surface area contributed by atoms with E-state index in [0.717, 1.165) is 5.69 Å². The summed E-state index contributed by atoms with van der Waals surface area (Å²) in [6, 6.07) is 10.7. The van der Waals surface area contributed by atoms with Crippen LogP contribution in [0.5, 0.6) is 0 Å². The predicted octanol–water partition coefficient (Wildman–Crippen LogP) is 3.24. The van der Waals surface area contributed by atoms with Crippen LogP contribution in [0.25, 0.3) is 0 Å². The average molecular weight is 259 g/mol. The molecule has 0 saturated carbocycles. The summed E-state index contributed by atoms with van der Waals surface area (Å²) in [5, 5.41) is 12.6. The highest BCUT2D eigenvalue weighted by Crippen LogP contribution is 2.26. The van der Waals surface area contributed by atoms with Crippen LogP contribution in [-0.4, -0.2) is 4.98 Å². The summed E-state index contributed by atoms with van der Waals surface area (Å²) in [6.07, 6.45) is 0. The van der Waals surface area contributed by atoms with Gasteiger partial charge >= 0.3 is 0 Å². The molecule has 2 rings (SSSR count). The van der Waals surface area contributed by atoms with Crippen molar-refractivity contribution in [3.05, 3.63) is 46.6 Å². The maximum Gasteiger partial charge on any atom is 0.153 e. The summed E-state index contributed by atoms with van der Waals surface area (Å²) in [5.74, 6) is 0.522. The number of rotatable bonds is 2. The Balaban J connectivity index is 2.43. The highest BCUT2D eigenvalue weighted by atomic mass is 35.5. The third-order valence-corrected chi connectivity index (χ3v) is 2.66. The third-order valence-electron chi connectivity index (χ3n) is 2.42. The van der Waals surface area contributed by atoms with E-state index in [1.807, 2.05) is 13.0 Å². The van der Waals surface area contributed by atoms with Crippen LogP contribution in [-0.2, 0) is 0 Å². The number of benzene rings is 1. The number of nitriles is 1. The molecule has 0 spiro atoms. The van der Waals surface area contributed by atoms with Gasteiger partial charge in [-0.25, -0.2) is 4.98 Å². The number of aromatic nitrogens is 1. The van der Waals surface area contributed by atoms with Crippen molar-refractivity contribution in [1.82, 2.24) is 4.98 Å². The van der Waals surface area contributed by atoms with Gasteiger partial charge in [0.2, 0.25) is 0 Å². The van der Waals surface area contributed by atoms with Crippen LogP contribution in [0.4, 0.5) is 17.2 Å². The molecule has 18 heavy (non-hydrogen) atoms. The number of hydrogen-bond acceptors (Lipinski definition) is 4. The number of nitrogen functional groups attached to an aromatic ring is 1. The zero-order valence-corrected chi connectivity index (χ0v) is 10.5. The van der Waals surface area contributed by atoms with Gasteiger partial charge in [0, 0.05) is 10.7 Å². The minimum absolute atomic E-state index is 0.488. The predicted molar refractivity (Wildman–Crippen MR) is 72.8 cm³/mol. The quantitative estimate of drug-likeness (QED) is 0.867. The third kappa shape index (κ3) is 2.53. The Morgan fingerprint density at radius 2 is 2.11 bits per heavy atom. The summed E-state index contributed by atoms with van der Waals surface area (Å²) in [4.78, 5) is 4.28. The lowest BCUT2D eigenvalue weighted by Gasteiger charge is -2.10. The zero-order valence-electron chi connectivity index (χ0n) is 9.74. The van der Waals surface area contributed by atoms with Gasteiger partial charge in [-0.15, -0.1) is 0 Å². The molecule has 0 bridgehead atoms. The lowest BCUT2D eigenvalue weighted by atomic mass is 10.2. The van der Waals surface area contributed by atoms with E-state index < -0.39 is 0 Å². The zero-order chi connectivity index (χ0) is 13.1. The van der Waals surface area contributed by atoms with Crippen LogP contribution < -0.4 is 11.1 Å². The number of nitrogens with one attached hydrogen (secondary N) is 1. The van der Waals surface area contributed by atoms with Gasteiger partial charge in [0.25, 0.3) is 0 Å². The van der Waals surface area contributed by atoms with Gasteiger partial charge in [0.1, 0.15) is 6.07 Å². The molecule has 0 aliphatic rings. The fourth-order valence-electron chi connectivity index (χ4n) is 1.51. The largest absolute Gasteiger partial charge is 0.396 e. The van der Waals surface area contributed by atoms with Crippen molar-refractivity contribution in [3.8, 4) is 6.07 Å². The van der Waals surface area contributed by atoms with Gasteiger partial charge in [-0.1, -0.05) is 11.6 Å². The second-order valence-corrected chi connectivity index (χ2v) is 4.25. The molecule has 0 unspecified atom stereocenters. The van der Waals surface area contributed by atoms with Crippen molar-refractivity contribution in [3.63, 3.8) is 0 Å². The Morgan fingerprint density at radius 3 is 2.83 bits per heavy atom. The Hall–Kier alpha value is -2.25. The van der Waals surface area contributed by atoms with Crippen molar-refractivity contribution < 1.29 is 0 Å². The molecule has 0 fully saturated rings. The van der Waals surface area contributed by atoms with Gasteiger partial charge in [0.15, 0.2) is 5.82 Å². The number of halogens is 1. The van der Waals surface area contributed by atoms with Gasteiger partial charge < -0.3 is 11.1 Å². The Kier molecular flexibility index (Phi) is 3.35. The van der Waals surface area contributed by atoms with Crippen molar-refractivity contribution in [1.29, 1.82) is 5.26 Å². The summed E-state index contributed by atoms with van der Waals surface area (Å²) in [6.45, 7) is 1.87. The molecule has 5 heteroatoms. The van der Waals surface area contributed by atoms with Crippen LogP contribution in [0.3, 0.4) is 0 Å².